The van der Waals surface area contributed by atoms with Gasteiger partial charge in [0, 0.05) is 13.1 Å². The van der Waals surface area contributed by atoms with Gasteiger partial charge in [0.15, 0.2) is 0 Å². The summed E-state index contributed by atoms with van der Waals surface area (Å²) in [6.45, 7) is 13.2. The number of nitrogens with zero attached hydrogens (tertiary/aromatic N) is 2. The minimum absolute atomic E-state index is 0.280. The lowest BCUT2D eigenvalue weighted by atomic mass is 9.88. The predicted octanol–water partition coefficient (Wildman–Crippen LogP) is 1.85. The smallest absolute Gasteiger partial charge is 0.410 e. The molecule has 1 fully saturated rings. The summed E-state index contributed by atoms with van der Waals surface area (Å²) in [6.07, 6.45) is 0.154. The van der Waals surface area contributed by atoms with Crippen molar-refractivity contribution in [3.05, 3.63) is 11.4 Å². The highest BCUT2D eigenvalue weighted by Crippen LogP contribution is 2.28. The molecule has 0 aliphatic carbocycles. The molecule has 0 aromatic carbocycles. The number of hydrogen-bond donors (Lipinski definition) is 0. The quantitative estimate of drug-likeness (QED) is 0.538. The molecule has 1 aliphatic heterocycles. The van der Waals surface area contributed by atoms with E-state index >= 15 is 0 Å². The highest BCUT2D eigenvalue weighted by molar-refractivity contribution is 5.83. The normalized spacial score (nSPS) is 18.4. The van der Waals surface area contributed by atoms with Crippen LogP contribution < -0.4 is 0 Å². The van der Waals surface area contributed by atoms with Gasteiger partial charge < -0.3 is 14.4 Å². The number of rotatable bonds is 1. The summed E-state index contributed by atoms with van der Waals surface area (Å²) in [5.74, 6) is -0.522. The van der Waals surface area contributed by atoms with Crippen LogP contribution >= 0.6 is 0 Å². The number of piperidine rings is 1. The lowest BCUT2D eigenvalue weighted by molar-refractivity contribution is -0.147. The molecule has 1 aliphatic rings. The van der Waals surface area contributed by atoms with Crippen LogP contribution in [0.5, 0.6) is 0 Å². The molecule has 0 radical (unpaired) electrons. The summed E-state index contributed by atoms with van der Waals surface area (Å²) in [5, 5.41) is 0. The van der Waals surface area contributed by atoms with E-state index < -0.39 is 23.2 Å². The topological polar surface area (TPSA) is 60.2 Å². The molecule has 1 rings (SSSR count). The van der Waals surface area contributed by atoms with Crippen LogP contribution in [0.3, 0.4) is 0 Å². The molecule has 1 heterocycles. The van der Waals surface area contributed by atoms with Crippen LogP contribution in [-0.4, -0.2) is 48.3 Å². The first kappa shape index (κ1) is 15.3. The van der Waals surface area contributed by atoms with Crippen molar-refractivity contribution in [2.75, 3.05) is 20.2 Å². The number of ether oxygens (including phenoxy) is 2. The number of hydrogen-bond acceptors (Lipinski definition) is 4. The second-order valence-corrected chi connectivity index (χ2v) is 5.60. The molecule has 6 nitrogen and oxygen atoms in total. The summed E-state index contributed by atoms with van der Waals surface area (Å²) in [5.41, 5.74) is -1.69. The molecule has 0 N–H and O–H groups in total. The Balaban J connectivity index is 2.65. The van der Waals surface area contributed by atoms with Crippen molar-refractivity contribution < 1.29 is 19.1 Å². The number of amides is 1. The minimum atomic E-state index is -1.15. The Morgan fingerprint density at radius 2 is 1.79 bits per heavy atom. The largest absolute Gasteiger partial charge is 0.463 e. The summed E-state index contributed by atoms with van der Waals surface area (Å²) < 4.78 is 9.93. The van der Waals surface area contributed by atoms with Crippen LogP contribution in [0, 0.1) is 6.57 Å². The van der Waals surface area contributed by atoms with E-state index in [-0.39, 0.29) is 12.8 Å². The lowest BCUT2D eigenvalue weighted by Crippen LogP contribution is -2.50. The van der Waals surface area contributed by atoms with E-state index in [0.29, 0.717) is 13.1 Å². The average molecular weight is 268 g/mol. The van der Waals surface area contributed by atoms with Crippen LogP contribution in [0.2, 0.25) is 0 Å². The van der Waals surface area contributed by atoms with Crippen molar-refractivity contribution in [1.29, 1.82) is 0 Å². The second kappa shape index (κ2) is 5.47. The molecule has 0 unspecified atom stereocenters. The third kappa shape index (κ3) is 3.60. The Labute approximate surface area is 113 Å². The first-order valence-electron chi connectivity index (χ1n) is 6.19. The Bertz CT molecular complexity index is 398. The lowest BCUT2D eigenvalue weighted by Gasteiger charge is -2.33. The summed E-state index contributed by atoms with van der Waals surface area (Å²) in [6, 6.07) is 0. The van der Waals surface area contributed by atoms with Gasteiger partial charge in [0.1, 0.15) is 5.60 Å². The third-order valence-corrected chi connectivity index (χ3v) is 3.02. The molecular weight excluding hydrogens is 248 g/mol. The van der Waals surface area contributed by atoms with Gasteiger partial charge in [-0.05, 0) is 20.8 Å². The molecule has 106 valence electrons. The van der Waals surface area contributed by atoms with Gasteiger partial charge in [0.2, 0.25) is 0 Å². The Morgan fingerprint density at radius 3 is 2.16 bits per heavy atom. The standard InChI is InChI=1S/C13H20N2O4/c1-12(2,3)19-11(17)15-8-6-13(14-4,7-9-15)10(16)18-5/h6-9H2,1-3,5H3. The van der Waals surface area contributed by atoms with Gasteiger partial charge in [-0.15, -0.1) is 0 Å². The number of carbonyl (C=O) groups is 2. The molecule has 0 spiro atoms. The predicted molar refractivity (Wildman–Crippen MR) is 68.4 cm³/mol. The molecule has 1 amide bonds. The highest BCUT2D eigenvalue weighted by Gasteiger charge is 2.50. The van der Waals surface area contributed by atoms with Crippen molar-refractivity contribution in [3.63, 3.8) is 0 Å². The van der Waals surface area contributed by atoms with Gasteiger partial charge in [0.25, 0.3) is 0 Å². The van der Waals surface area contributed by atoms with Gasteiger partial charge in [-0.3, -0.25) is 4.85 Å². The fourth-order valence-corrected chi connectivity index (χ4v) is 1.94. The van der Waals surface area contributed by atoms with Crippen molar-refractivity contribution in [2.24, 2.45) is 0 Å². The van der Waals surface area contributed by atoms with Gasteiger partial charge in [0.05, 0.1) is 20.0 Å². The maximum atomic E-state index is 11.9. The molecule has 6 heteroatoms. The van der Waals surface area contributed by atoms with Crippen molar-refractivity contribution in [2.45, 2.75) is 44.8 Å². The molecule has 0 aromatic rings. The molecule has 0 saturated carbocycles. The zero-order valence-corrected chi connectivity index (χ0v) is 11.9. The van der Waals surface area contributed by atoms with Crippen LogP contribution in [0.15, 0.2) is 0 Å². The van der Waals surface area contributed by atoms with Crippen LogP contribution in [0.4, 0.5) is 4.79 Å². The van der Waals surface area contributed by atoms with E-state index in [9.17, 15) is 9.59 Å². The van der Waals surface area contributed by atoms with Gasteiger partial charge in [-0.1, -0.05) is 0 Å². The van der Waals surface area contributed by atoms with Crippen molar-refractivity contribution in [3.8, 4) is 0 Å². The molecule has 0 bridgehead atoms. The van der Waals surface area contributed by atoms with E-state index in [0.717, 1.165) is 0 Å². The maximum absolute atomic E-state index is 11.9. The minimum Gasteiger partial charge on any atom is -0.463 e. The van der Waals surface area contributed by atoms with E-state index in [1.54, 1.807) is 20.8 Å². The monoisotopic (exact) mass is 268 g/mol. The zero-order valence-electron chi connectivity index (χ0n) is 11.9. The summed E-state index contributed by atoms with van der Waals surface area (Å²) in [7, 11) is 1.27. The van der Waals surface area contributed by atoms with E-state index in [1.807, 2.05) is 0 Å². The Kier molecular flexibility index (Phi) is 4.40. The Morgan fingerprint density at radius 1 is 1.26 bits per heavy atom. The number of likely N-dealkylation sites (tertiary alicyclic amines) is 1. The van der Waals surface area contributed by atoms with Gasteiger partial charge in [-0.25, -0.2) is 16.2 Å². The maximum Gasteiger partial charge on any atom is 0.410 e. The van der Waals surface area contributed by atoms with Gasteiger partial charge in [-0.2, -0.15) is 0 Å². The van der Waals surface area contributed by atoms with Crippen molar-refractivity contribution in [1.82, 2.24) is 4.90 Å². The fraction of sp³-hybridized carbons (Fsp3) is 0.769. The van der Waals surface area contributed by atoms with E-state index in [1.165, 1.54) is 12.0 Å². The second-order valence-electron chi connectivity index (χ2n) is 5.60. The fourth-order valence-electron chi connectivity index (χ4n) is 1.94. The molecular formula is C13H20N2O4. The van der Waals surface area contributed by atoms with Crippen LogP contribution in [0.1, 0.15) is 33.6 Å². The van der Waals surface area contributed by atoms with E-state index in [4.69, 9.17) is 11.3 Å². The number of carbonyl (C=O) groups excluding carboxylic acids is 2. The Hall–Kier alpha value is -1.77. The molecule has 1 saturated heterocycles. The summed E-state index contributed by atoms with van der Waals surface area (Å²) >= 11 is 0. The van der Waals surface area contributed by atoms with E-state index in [2.05, 4.69) is 9.58 Å². The first-order chi connectivity index (χ1) is 8.74. The van der Waals surface area contributed by atoms with Crippen LogP contribution in [0.25, 0.3) is 4.85 Å². The third-order valence-electron chi connectivity index (χ3n) is 3.02. The average Bonchev–Trinajstić information content (AvgIpc) is 2.35. The SMILES string of the molecule is [C-]#[N+]C1(C(=O)OC)CCN(C(=O)OC(C)(C)C)CC1. The summed E-state index contributed by atoms with van der Waals surface area (Å²) in [4.78, 5) is 28.5. The van der Waals surface area contributed by atoms with Crippen molar-refractivity contribution >= 4 is 12.1 Å². The number of esters is 1. The van der Waals surface area contributed by atoms with Crippen LogP contribution in [-0.2, 0) is 14.3 Å². The zero-order chi connectivity index (χ0) is 14.7. The first-order valence-corrected chi connectivity index (χ1v) is 6.19. The number of methoxy groups -OCH3 is 1. The highest BCUT2D eigenvalue weighted by atomic mass is 16.6. The molecule has 0 aromatic heterocycles. The molecule has 19 heavy (non-hydrogen) atoms. The van der Waals surface area contributed by atoms with Gasteiger partial charge >= 0.3 is 17.6 Å². The molecule has 0 atom stereocenters.